The monoisotopic (exact) mass is 394 g/mol. The number of aromatic nitrogens is 5. The van der Waals surface area contributed by atoms with E-state index in [-0.39, 0.29) is 0 Å². The molecule has 1 aliphatic rings. The van der Waals surface area contributed by atoms with Gasteiger partial charge in [-0.05, 0) is 48.7 Å². The Hall–Kier alpha value is -3.00. The molecule has 8 nitrogen and oxygen atoms in total. The Balaban J connectivity index is 1.38. The molecule has 3 aromatic rings. The zero-order valence-electron chi connectivity index (χ0n) is 16.9. The van der Waals surface area contributed by atoms with Gasteiger partial charge in [0.2, 0.25) is 5.82 Å². The van der Waals surface area contributed by atoms with Crippen LogP contribution in [-0.4, -0.2) is 57.4 Å². The first-order chi connectivity index (χ1) is 14.2. The summed E-state index contributed by atoms with van der Waals surface area (Å²) >= 11 is 0. The largest absolute Gasteiger partial charge is 0.497 e. The second-order valence-electron chi connectivity index (χ2n) is 7.32. The molecule has 0 aliphatic carbocycles. The van der Waals surface area contributed by atoms with Crippen molar-refractivity contribution in [3.63, 3.8) is 0 Å². The molecule has 1 aliphatic heterocycles. The number of piperidine rings is 1. The van der Waals surface area contributed by atoms with Crippen molar-refractivity contribution >= 4 is 0 Å². The van der Waals surface area contributed by atoms with Crippen molar-refractivity contribution in [2.45, 2.75) is 25.9 Å². The average Bonchev–Trinajstić information content (AvgIpc) is 3.23. The first kappa shape index (κ1) is 19.3. The van der Waals surface area contributed by atoms with Gasteiger partial charge in [-0.25, -0.2) is 0 Å². The number of tetrazole rings is 1. The number of benzene rings is 1. The molecule has 0 unspecified atom stereocenters. The molecule has 0 spiro atoms. The average molecular weight is 394 g/mol. The van der Waals surface area contributed by atoms with E-state index in [0.717, 1.165) is 49.7 Å². The van der Waals surface area contributed by atoms with Crippen LogP contribution in [0.15, 0.2) is 42.7 Å². The van der Waals surface area contributed by atoms with Crippen LogP contribution in [0.1, 0.15) is 18.4 Å². The highest BCUT2D eigenvalue weighted by molar-refractivity contribution is 5.52. The van der Waals surface area contributed by atoms with Crippen LogP contribution in [-0.2, 0) is 13.1 Å². The van der Waals surface area contributed by atoms with Gasteiger partial charge >= 0.3 is 0 Å². The number of hydrogen-bond donors (Lipinski definition) is 0. The van der Waals surface area contributed by atoms with Crippen molar-refractivity contribution in [3.05, 3.63) is 48.3 Å². The fraction of sp³-hybridized carbons (Fsp3) is 0.429. The molecule has 1 fully saturated rings. The fourth-order valence-corrected chi connectivity index (χ4v) is 3.84. The smallest absolute Gasteiger partial charge is 0.205 e. The van der Waals surface area contributed by atoms with Crippen molar-refractivity contribution in [3.8, 4) is 22.9 Å². The number of pyridine rings is 1. The molecule has 1 aromatic carbocycles. The van der Waals surface area contributed by atoms with Gasteiger partial charge in [-0.1, -0.05) is 6.07 Å². The maximum absolute atomic E-state index is 5.55. The summed E-state index contributed by atoms with van der Waals surface area (Å²) in [5.41, 5.74) is 2.11. The normalized spacial score (nSPS) is 17.2. The second-order valence-corrected chi connectivity index (χ2v) is 7.32. The molecule has 1 saturated heterocycles. The Bertz CT molecular complexity index is 930. The number of hydrogen-bond acceptors (Lipinski definition) is 7. The SMILES string of the molecule is COc1ccc(CN2CCC[C@@H](Cn3nnc(-c4ccncc4)n3)C2)c(OC)c1. The van der Waals surface area contributed by atoms with Gasteiger partial charge in [0.1, 0.15) is 11.5 Å². The third-order valence-corrected chi connectivity index (χ3v) is 5.30. The summed E-state index contributed by atoms with van der Waals surface area (Å²) in [6.07, 6.45) is 5.81. The zero-order chi connectivity index (χ0) is 20.1. The third kappa shape index (κ3) is 4.71. The molecule has 152 valence electrons. The minimum atomic E-state index is 0.493. The van der Waals surface area contributed by atoms with Gasteiger partial charge in [0, 0.05) is 42.7 Å². The summed E-state index contributed by atoms with van der Waals surface area (Å²) in [4.78, 5) is 8.22. The highest BCUT2D eigenvalue weighted by Gasteiger charge is 2.22. The van der Waals surface area contributed by atoms with Crippen molar-refractivity contribution < 1.29 is 9.47 Å². The van der Waals surface area contributed by atoms with Gasteiger partial charge in [-0.3, -0.25) is 9.88 Å². The van der Waals surface area contributed by atoms with E-state index in [4.69, 9.17) is 9.47 Å². The van der Waals surface area contributed by atoms with E-state index >= 15 is 0 Å². The van der Waals surface area contributed by atoms with E-state index in [0.29, 0.717) is 11.7 Å². The van der Waals surface area contributed by atoms with Crippen LogP contribution in [0.5, 0.6) is 11.5 Å². The highest BCUT2D eigenvalue weighted by atomic mass is 16.5. The molecule has 0 amide bonds. The summed E-state index contributed by atoms with van der Waals surface area (Å²) < 4.78 is 10.9. The van der Waals surface area contributed by atoms with Gasteiger partial charge in [-0.15, -0.1) is 10.2 Å². The maximum Gasteiger partial charge on any atom is 0.205 e. The minimum absolute atomic E-state index is 0.493. The van der Waals surface area contributed by atoms with Gasteiger partial charge in [0.25, 0.3) is 0 Å². The lowest BCUT2D eigenvalue weighted by Crippen LogP contribution is -2.37. The quantitative estimate of drug-likeness (QED) is 0.610. The first-order valence-corrected chi connectivity index (χ1v) is 9.86. The number of methoxy groups -OCH3 is 2. The Morgan fingerprint density at radius 1 is 1.10 bits per heavy atom. The van der Waals surface area contributed by atoms with Crippen molar-refractivity contribution in [1.29, 1.82) is 0 Å². The maximum atomic E-state index is 5.55. The van der Waals surface area contributed by atoms with E-state index in [1.165, 1.54) is 12.0 Å². The Morgan fingerprint density at radius 2 is 1.97 bits per heavy atom. The number of rotatable bonds is 7. The third-order valence-electron chi connectivity index (χ3n) is 5.30. The van der Waals surface area contributed by atoms with Crippen molar-refractivity contribution in [2.24, 2.45) is 5.92 Å². The van der Waals surface area contributed by atoms with Gasteiger partial charge < -0.3 is 9.47 Å². The standard InChI is InChI=1S/C21H26N6O2/c1-28-19-6-5-18(20(12-19)29-2)15-26-11-3-4-16(13-26)14-27-24-21(23-25-27)17-7-9-22-10-8-17/h5-10,12,16H,3-4,11,13-15H2,1-2H3/t16-/m1/s1. The topological polar surface area (TPSA) is 78.2 Å². The number of ether oxygens (including phenoxy) is 2. The van der Waals surface area contributed by atoms with Crippen LogP contribution >= 0.6 is 0 Å². The highest BCUT2D eigenvalue weighted by Crippen LogP contribution is 2.27. The molecule has 1 atom stereocenters. The predicted molar refractivity (Wildman–Crippen MR) is 109 cm³/mol. The Labute approximate surface area is 170 Å². The molecule has 0 N–H and O–H groups in total. The molecule has 0 saturated carbocycles. The van der Waals surface area contributed by atoms with E-state index in [9.17, 15) is 0 Å². The van der Waals surface area contributed by atoms with Crippen LogP contribution in [0.2, 0.25) is 0 Å². The molecule has 29 heavy (non-hydrogen) atoms. The van der Waals surface area contributed by atoms with E-state index in [2.05, 4.69) is 31.4 Å². The molecule has 0 bridgehead atoms. The molecular weight excluding hydrogens is 368 g/mol. The lowest BCUT2D eigenvalue weighted by Gasteiger charge is -2.32. The van der Waals surface area contributed by atoms with Gasteiger partial charge in [0.15, 0.2) is 0 Å². The summed E-state index contributed by atoms with van der Waals surface area (Å²) in [5, 5.41) is 13.0. The molecule has 2 aromatic heterocycles. The lowest BCUT2D eigenvalue weighted by atomic mass is 9.97. The predicted octanol–water partition coefficient (Wildman–Crippen LogP) is 2.66. The van der Waals surface area contributed by atoms with E-state index < -0.39 is 0 Å². The van der Waals surface area contributed by atoms with Crippen molar-refractivity contribution in [2.75, 3.05) is 27.3 Å². The van der Waals surface area contributed by atoms with Gasteiger partial charge in [0.05, 0.1) is 20.8 Å². The Morgan fingerprint density at radius 3 is 2.76 bits per heavy atom. The second kappa shape index (κ2) is 9.00. The summed E-state index contributed by atoms with van der Waals surface area (Å²) in [6, 6.07) is 9.80. The van der Waals surface area contributed by atoms with Crippen LogP contribution in [0.3, 0.4) is 0 Å². The molecular formula is C21H26N6O2. The molecule has 3 heterocycles. The molecule has 4 rings (SSSR count). The zero-order valence-corrected chi connectivity index (χ0v) is 16.9. The number of likely N-dealkylation sites (tertiary alicyclic amines) is 1. The summed E-state index contributed by atoms with van der Waals surface area (Å²) in [5.74, 6) is 2.81. The first-order valence-electron chi connectivity index (χ1n) is 9.86. The molecule has 0 radical (unpaired) electrons. The molecule has 8 heteroatoms. The van der Waals surface area contributed by atoms with Crippen molar-refractivity contribution in [1.82, 2.24) is 30.1 Å². The van der Waals surface area contributed by atoms with Crippen LogP contribution in [0.25, 0.3) is 11.4 Å². The summed E-state index contributed by atoms with van der Waals surface area (Å²) in [7, 11) is 3.37. The fourth-order valence-electron chi connectivity index (χ4n) is 3.84. The Kier molecular flexibility index (Phi) is 6.00. The van der Waals surface area contributed by atoms with E-state index in [1.807, 2.05) is 24.3 Å². The summed E-state index contributed by atoms with van der Waals surface area (Å²) in [6.45, 7) is 3.71. The van der Waals surface area contributed by atoms with E-state index in [1.54, 1.807) is 31.4 Å². The lowest BCUT2D eigenvalue weighted by molar-refractivity contribution is 0.148. The minimum Gasteiger partial charge on any atom is -0.497 e. The van der Waals surface area contributed by atoms with Crippen LogP contribution < -0.4 is 9.47 Å². The van der Waals surface area contributed by atoms with Crippen LogP contribution in [0, 0.1) is 5.92 Å². The van der Waals surface area contributed by atoms with Crippen LogP contribution in [0.4, 0.5) is 0 Å². The van der Waals surface area contributed by atoms with Gasteiger partial charge in [-0.2, -0.15) is 4.80 Å². The number of nitrogens with zero attached hydrogens (tertiary/aromatic N) is 6.